The van der Waals surface area contributed by atoms with Gasteiger partial charge in [-0.1, -0.05) is 19.8 Å². The van der Waals surface area contributed by atoms with E-state index in [1.807, 2.05) is 6.07 Å². The van der Waals surface area contributed by atoms with Gasteiger partial charge < -0.3 is 10.0 Å². The third-order valence-electron chi connectivity index (χ3n) is 4.28. The van der Waals surface area contributed by atoms with E-state index in [0.29, 0.717) is 11.6 Å². The van der Waals surface area contributed by atoms with Gasteiger partial charge in [0.2, 0.25) is 0 Å². The number of nitro groups is 1. The number of aliphatic hydroxyl groups excluding tert-OH is 1. The van der Waals surface area contributed by atoms with Gasteiger partial charge in [0.25, 0.3) is 5.69 Å². The monoisotopic (exact) mass is 292 g/mol. The Kier molecular flexibility index (Phi) is 5.56. The Labute approximate surface area is 125 Å². The van der Waals surface area contributed by atoms with Gasteiger partial charge in [-0.05, 0) is 37.8 Å². The topological polar surface area (TPSA) is 66.6 Å². The molecule has 0 radical (unpaired) electrons. The van der Waals surface area contributed by atoms with E-state index in [0.717, 1.165) is 18.7 Å². The van der Waals surface area contributed by atoms with Crippen molar-refractivity contribution in [3.63, 3.8) is 0 Å². The van der Waals surface area contributed by atoms with Crippen LogP contribution in [-0.4, -0.2) is 22.6 Å². The Bertz CT molecular complexity index is 490. The van der Waals surface area contributed by atoms with E-state index in [2.05, 4.69) is 11.8 Å². The largest absolute Gasteiger partial charge is 0.391 e. The Balaban J connectivity index is 2.23. The highest BCUT2D eigenvalue weighted by atomic mass is 16.6. The summed E-state index contributed by atoms with van der Waals surface area (Å²) >= 11 is 0. The van der Waals surface area contributed by atoms with Crippen molar-refractivity contribution in [1.29, 1.82) is 0 Å². The van der Waals surface area contributed by atoms with Gasteiger partial charge in [0.15, 0.2) is 0 Å². The lowest BCUT2D eigenvalue weighted by atomic mass is 9.96. The molecule has 0 spiro atoms. The summed E-state index contributed by atoms with van der Waals surface area (Å²) in [6.45, 7) is 2.90. The first-order valence-electron chi connectivity index (χ1n) is 7.82. The maximum atomic E-state index is 11.0. The highest BCUT2D eigenvalue weighted by Gasteiger charge is 2.24. The summed E-state index contributed by atoms with van der Waals surface area (Å²) in [7, 11) is 0. The van der Waals surface area contributed by atoms with Crippen molar-refractivity contribution < 1.29 is 10.0 Å². The number of hydrogen-bond donors (Lipinski definition) is 1. The highest BCUT2D eigenvalue weighted by molar-refractivity contribution is 5.56. The molecule has 116 valence electrons. The number of rotatable bonds is 6. The molecule has 1 aliphatic rings. The van der Waals surface area contributed by atoms with Crippen LogP contribution in [0.4, 0.5) is 11.4 Å². The molecular formula is C16H24N2O3. The zero-order valence-corrected chi connectivity index (χ0v) is 12.6. The van der Waals surface area contributed by atoms with Crippen molar-refractivity contribution in [1.82, 2.24) is 0 Å². The minimum Gasteiger partial charge on any atom is -0.391 e. The molecule has 5 nitrogen and oxygen atoms in total. The van der Waals surface area contributed by atoms with Gasteiger partial charge in [-0.2, -0.15) is 0 Å². The van der Waals surface area contributed by atoms with Crippen molar-refractivity contribution in [3.8, 4) is 0 Å². The van der Waals surface area contributed by atoms with Crippen LogP contribution < -0.4 is 4.90 Å². The van der Waals surface area contributed by atoms with E-state index in [9.17, 15) is 15.2 Å². The third-order valence-corrected chi connectivity index (χ3v) is 4.28. The molecule has 0 amide bonds. The molecule has 1 unspecified atom stereocenters. The first kappa shape index (κ1) is 15.8. The molecule has 2 rings (SSSR count). The zero-order valence-electron chi connectivity index (χ0n) is 12.6. The minimum atomic E-state index is -0.430. The van der Waals surface area contributed by atoms with Gasteiger partial charge in [0.1, 0.15) is 0 Å². The van der Waals surface area contributed by atoms with Crippen LogP contribution >= 0.6 is 0 Å². The van der Waals surface area contributed by atoms with E-state index in [4.69, 9.17) is 0 Å². The molecule has 0 saturated carbocycles. The number of nitrogens with zero attached hydrogens (tertiary/aromatic N) is 2. The summed E-state index contributed by atoms with van der Waals surface area (Å²) in [4.78, 5) is 12.9. The molecule has 1 heterocycles. The molecular weight excluding hydrogens is 268 g/mol. The van der Waals surface area contributed by atoms with E-state index in [1.54, 1.807) is 6.07 Å². The Hall–Kier alpha value is -1.62. The predicted octanol–water partition coefficient (Wildman–Crippen LogP) is 3.64. The quantitative estimate of drug-likeness (QED) is 0.642. The first-order valence-corrected chi connectivity index (χ1v) is 7.82. The van der Waals surface area contributed by atoms with Crippen LogP contribution in [0.2, 0.25) is 0 Å². The number of piperidine rings is 1. The van der Waals surface area contributed by atoms with Gasteiger partial charge in [-0.3, -0.25) is 10.1 Å². The van der Waals surface area contributed by atoms with Gasteiger partial charge in [-0.25, -0.2) is 0 Å². The number of aliphatic hydroxyl groups is 1. The second-order valence-electron chi connectivity index (χ2n) is 5.71. The standard InChI is InChI=1S/C16H24N2O3/c1-2-3-6-14-7-4-5-10-17(14)15-8-9-16(18(20)21)13(11-15)12-19/h8-9,11,14,19H,2-7,10,12H2,1H3. The van der Waals surface area contributed by atoms with Gasteiger partial charge >= 0.3 is 0 Å². The first-order chi connectivity index (χ1) is 10.2. The minimum absolute atomic E-state index is 0.00312. The van der Waals surface area contributed by atoms with Crippen molar-refractivity contribution in [3.05, 3.63) is 33.9 Å². The molecule has 1 aromatic carbocycles. The van der Waals surface area contributed by atoms with E-state index >= 15 is 0 Å². The normalized spacial score (nSPS) is 18.8. The zero-order chi connectivity index (χ0) is 15.2. The SMILES string of the molecule is CCCCC1CCCCN1c1ccc([N+](=O)[O-])c(CO)c1. The average Bonchev–Trinajstić information content (AvgIpc) is 2.52. The smallest absolute Gasteiger partial charge is 0.275 e. The highest BCUT2D eigenvalue weighted by Crippen LogP contribution is 2.31. The van der Waals surface area contributed by atoms with Crippen molar-refractivity contribution in [2.45, 2.75) is 58.1 Å². The van der Waals surface area contributed by atoms with Crippen LogP contribution in [0.5, 0.6) is 0 Å². The predicted molar refractivity (Wildman–Crippen MR) is 83.5 cm³/mol. The van der Waals surface area contributed by atoms with Crippen molar-refractivity contribution in [2.24, 2.45) is 0 Å². The van der Waals surface area contributed by atoms with Crippen LogP contribution in [-0.2, 0) is 6.61 Å². The molecule has 1 aliphatic heterocycles. The number of unbranched alkanes of at least 4 members (excludes halogenated alkanes) is 1. The van der Waals surface area contributed by atoms with E-state index in [-0.39, 0.29) is 12.3 Å². The van der Waals surface area contributed by atoms with Crippen molar-refractivity contribution in [2.75, 3.05) is 11.4 Å². The molecule has 0 bridgehead atoms. The van der Waals surface area contributed by atoms with Gasteiger partial charge in [0, 0.05) is 24.3 Å². The van der Waals surface area contributed by atoms with E-state index < -0.39 is 4.92 Å². The molecule has 1 fully saturated rings. The summed E-state index contributed by atoms with van der Waals surface area (Å²) in [5.41, 5.74) is 1.41. The Morgan fingerprint density at radius 2 is 2.24 bits per heavy atom. The van der Waals surface area contributed by atoms with E-state index in [1.165, 1.54) is 38.2 Å². The third kappa shape index (κ3) is 3.73. The molecule has 1 aromatic rings. The molecule has 0 aromatic heterocycles. The molecule has 21 heavy (non-hydrogen) atoms. The summed E-state index contributed by atoms with van der Waals surface area (Å²) in [6.07, 6.45) is 7.17. The van der Waals surface area contributed by atoms with Crippen LogP contribution in [0.3, 0.4) is 0 Å². The fourth-order valence-electron chi connectivity index (χ4n) is 3.14. The van der Waals surface area contributed by atoms with Gasteiger partial charge in [0.05, 0.1) is 17.1 Å². The second kappa shape index (κ2) is 7.41. The number of nitro benzene ring substituents is 1. The molecule has 5 heteroatoms. The summed E-state index contributed by atoms with van der Waals surface area (Å²) < 4.78 is 0. The number of benzene rings is 1. The van der Waals surface area contributed by atoms with Crippen LogP contribution in [0.25, 0.3) is 0 Å². The molecule has 1 N–H and O–H groups in total. The van der Waals surface area contributed by atoms with Crippen LogP contribution in [0, 0.1) is 10.1 Å². The second-order valence-corrected chi connectivity index (χ2v) is 5.71. The fourth-order valence-corrected chi connectivity index (χ4v) is 3.14. The number of hydrogen-bond acceptors (Lipinski definition) is 4. The number of anilines is 1. The van der Waals surface area contributed by atoms with Crippen LogP contribution in [0.15, 0.2) is 18.2 Å². The molecule has 0 aliphatic carbocycles. The summed E-state index contributed by atoms with van der Waals surface area (Å²) in [5.74, 6) is 0. The van der Waals surface area contributed by atoms with Crippen molar-refractivity contribution >= 4 is 11.4 Å². The Morgan fingerprint density at radius 1 is 1.43 bits per heavy atom. The summed E-state index contributed by atoms with van der Waals surface area (Å²) in [6, 6.07) is 5.64. The fraction of sp³-hybridized carbons (Fsp3) is 0.625. The van der Waals surface area contributed by atoms with Gasteiger partial charge in [-0.15, -0.1) is 0 Å². The maximum absolute atomic E-state index is 11.0. The molecule has 1 saturated heterocycles. The molecule has 1 atom stereocenters. The lowest BCUT2D eigenvalue weighted by molar-refractivity contribution is -0.385. The Morgan fingerprint density at radius 3 is 2.90 bits per heavy atom. The average molecular weight is 292 g/mol. The van der Waals surface area contributed by atoms with Crippen LogP contribution in [0.1, 0.15) is 51.0 Å². The lowest BCUT2D eigenvalue weighted by Crippen LogP contribution is -2.39. The summed E-state index contributed by atoms with van der Waals surface area (Å²) in [5, 5.41) is 20.3. The maximum Gasteiger partial charge on any atom is 0.275 e. The lowest BCUT2D eigenvalue weighted by Gasteiger charge is -2.38.